The molecular formula is C15H14N2O4. The van der Waals surface area contributed by atoms with Crippen LogP contribution in [0, 0.1) is 10.1 Å². The molecule has 1 unspecified atom stereocenters. The van der Waals surface area contributed by atoms with Crippen molar-refractivity contribution >= 4 is 11.7 Å². The first-order valence-electron chi connectivity index (χ1n) is 6.18. The number of nitrogens with zero attached hydrogens (tertiary/aromatic N) is 1. The largest absolute Gasteiger partial charge is 0.467 e. The Morgan fingerprint density at radius 1 is 1.10 bits per heavy atom. The molecule has 0 aromatic heterocycles. The van der Waals surface area contributed by atoms with E-state index < -0.39 is 16.4 Å². The van der Waals surface area contributed by atoms with Gasteiger partial charge in [-0.25, -0.2) is 4.79 Å². The summed E-state index contributed by atoms with van der Waals surface area (Å²) in [7, 11) is 1.25. The van der Waals surface area contributed by atoms with E-state index in [2.05, 4.69) is 0 Å². The number of carbonyl (C=O) groups is 1. The molecule has 0 heterocycles. The quantitative estimate of drug-likeness (QED) is 0.526. The molecule has 0 saturated heterocycles. The van der Waals surface area contributed by atoms with Gasteiger partial charge in [-0.05, 0) is 23.3 Å². The van der Waals surface area contributed by atoms with Crippen LogP contribution in [-0.2, 0) is 15.1 Å². The Balaban J connectivity index is 2.55. The van der Waals surface area contributed by atoms with Gasteiger partial charge in [-0.3, -0.25) is 10.1 Å². The first-order valence-corrected chi connectivity index (χ1v) is 6.18. The maximum absolute atomic E-state index is 12.2. The molecule has 2 aromatic carbocycles. The minimum Gasteiger partial charge on any atom is -0.467 e. The molecule has 2 rings (SSSR count). The standard InChI is InChI=1S/C15H14N2O4/c1-21-14(18)15(16,11-5-3-2-4-6-11)12-7-9-13(10-8-12)17(19)20/h2-10H,16H2,1H3. The molecule has 1 atom stereocenters. The highest BCUT2D eigenvalue weighted by atomic mass is 16.6. The number of nitro groups is 1. The Bertz CT molecular complexity index is 655. The Morgan fingerprint density at radius 3 is 2.10 bits per heavy atom. The third-order valence-electron chi connectivity index (χ3n) is 3.27. The van der Waals surface area contributed by atoms with Crippen LogP contribution in [0.4, 0.5) is 5.69 Å². The summed E-state index contributed by atoms with van der Waals surface area (Å²) in [5.41, 5.74) is 5.67. The van der Waals surface area contributed by atoms with Gasteiger partial charge in [-0.15, -0.1) is 0 Å². The molecule has 0 aliphatic heterocycles. The van der Waals surface area contributed by atoms with Gasteiger partial charge in [0.1, 0.15) is 0 Å². The van der Waals surface area contributed by atoms with Crippen LogP contribution < -0.4 is 5.73 Å². The summed E-state index contributed by atoms with van der Waals surface area (Å²) in [4.78, 5) is 22.4. The van der Waals surface area contributed by atoms with Crippen LogP contribution >= 0.6 is 0 Å². The summed E-state index contributed by atoms with van der Waals surface area (Å²) in [6.45, 7) is 0. The van der Waals surface area contributed by atoms with Crippen molar-refractivity contribution in [3.8, 4) is 0 Å². The van der Waals surface area contributed by atoms with Crippen molar-refractivity contribution in [3.05, 3.63) is 75.8 Å². The number of nitro benzene ring substituents is 1. The Hall–Kier alpha value is -2.73. The monoisotopic (exact) mass is 286 g/mol. The number of nitrogens with two attached hydrogens (primary N) is 1. The van der Waals surface area contributed by atoms with E-state index in [1.165, 1.54) is 31.4 Å². The first-order chi connectivity index (χ1) is 10.00. The molecule has 0 aliphatic rings. The van der Waals surface area contributed by atoms with E-state index >= 15 is 0 Å². The fourth-order valence-corrected chi connectivity index (χ4v) is 2.11. The first kappa shape index (κ1) is 14.7. The average molecular weight is 286 g/mol. The van der Waals surface area contributed by atoms with Gasteiger partial charge in [0.15, 0.2) is 5.54 Å². The number of esters is 1. The van der Waals surface area contributed by atoms with Gasteiger partial charge in [0.2, 0.25) is 0 Å². The number of hydrogen-bond acceptors (Lipinski definition) is 5. The number of ether oxygens (including phenoxy) is 1. The maximum atomic E-state index is 12.2. The van der Waals surface area contributed by atoms with E-state index in [1.54, 1.807) is 30.3 Å². The van der Waals surface area contributed by atoms with E-state index in [4.69, 9.17) is 10.5 Å². The molecule has 21 heavy (non-hydrogen) atoms. The number of methoxy groups -OCH3 is 1. The number of hydrogen-bond donors (Lipinski definition) is 1. The SMILES string of the molecule is COC(=O)C(N)(c1ccccc1)c1ccc([N+](=O)[O-])cc1. The van der Waals surface area contributed by atoms with Crippen molar-refractivity contribution in [1.82, 2.24) is 0 Å². The molecule has 0 radical (unpaired) electrons. The van der Waals surface area contributed by atoms with Gasteiger partial charge in [-0.2, -0.15) is 0 Å². The fourth-order valence-electron chi connectivity index (χ4n) is 2.11. The van der Waals surface area contributed by atoms with Crippen LogP contribution in [0.1, 0.15) is 11.1 Å². The molecule has 6 nitrogen and oxygen atoms in total. The third kappa shape index (κ3) is 2.61. The van der Waals surface area contributed by atoms with Gasteiger partial charge in [0.25, 0.3) is 5.69 Å². The zero-order valence-corrected chi connectivity index (χ0v) is 11.4. The second kappa shape index (κ2) is 5.72. The van der Waals surface area contributed by atoms with Crippen molar-refractivity contribution in [3.63, 3.8) is 0 Å². The molecule has 0 bridgehead atoms. The van der Waals surface area contributed by atoms with Crippen molar-refractivity contribution in [2.24, 2.45) is 5.73 Å². The lowest BCUT2D eigenvalue weighted by Gasteiger charge is -2.27. The highest BCUT2D eigenvalue weighted by Gasteiger charge is 2.39. The molecule has 108 valence electrons. The van der Waals surface area contributed by atoms with Gasteiger partial charge < -0.3 is 10.5 Å². The molecule has 0 amide bonds. The van der Waals surface area contributed by atoms with Crippen molar-refractivity contribution < 1.29 is 14.5 Å². The van der Waals surface area contributed by atoms with Crippen LogP contribution in [0.5, 0.6) is 0 Å². The fraction of sp³-hybridized carbons (Fsp3) is 0.133. The predicted octanol–water partition coefficient (Wildman–Crippen LogP) is 1.97. The zero-order chi connectivity index (χ0) is 15.5. The van der Waals surface area contributed by atoms with Gasteiger partial charge in [-0.1, -0.05) is 30.3 Å². The predicted molar refractivity (Wildman–Crippen MR) is 76.5 cm³/mol. The van der Waals surface area contributed by atoms with Gasteiger partial charge in [0.05, 0.1) is 12.0 Å². The third-order valence-corrected chi connectivity index (χ3v) is 3.27. The maximum Gasteiger partial charge on any atom is 0.335 e. The summed E-state index contributed by atoms with van der Waals surface area (Å²) in [6.07, 6.45) is 0. The van der Waals surface area contributed by atoms with Crippen LogP contribution in [0.15, 0.2) is 54.6 Å². The summed E-state index contributed by atoms with van der Waals surface area (Å²) in [5, 5.41) is 10.7. The van der Waals surface area contributed by atoms with Crippen LogP contribution in [0.2, 0.25) is 0 Å². The number of carbonyl (C=O) groups excluding carboxylic acids is 1. The van der Waals surface area contributed by atoms with E-state index in [0.29, 0.717) is 11.1 Å². The summed E-state index contributed by atoms with van der Waals surface area (Å²) < 4.78 is 4.80. The summed E-state index contributed by atoms with van der Waals surface area (Å²) in [6, 6.07) is 14.3. The number of benzene rings is 2. The van der Waals surface area contributed by atoms with E-state index in [-0.39, 0.29) is 5.69 Å². The second-order valence-electron chi connectivity index (χ2n) is 4.47. The smallest absolute Gasteiger partial charge is 0.335 e. The highest BCUT2D eigenvalue weighted by Crippen LogP contribution is 2.29. The van der Waals surface area contributed by atoms with Crippen LogP contribution in [-0.4, -0.2) is 18.0 Å². The topological polar surface area (TPSA) is 95.5 Å². The van der Waals surface area contributed by atoms with E-state index in [9.17, 15) is 14.9 Å². The van der Waals surface area contributed by atoms with Crippen LogP contribution in [0.3, 0.4) is 0 Å². The highest BCUT2D eigenvalue weighted by molar-refractivity contribution is 5.86. The summed E-state index contributed by atoms with van der Waals surface area (Å²) in [5.74, 6) is -0.637. The normalized spacial score (nSPS) is 13.2. The van der Waals surface area contributed by atoms with Gasteiger partial charge >= 0.3 is 5.97 Å². The average Bonchev–Trinajstić information content (AvgIpc) is 2.54. The van der Waals surface area contributed by atoms with E-state index in [1.807, 2.05) is 0 Å². The van der Waals surface area contributed by atoms with Crippen molar-refractivity contribution in [2.45, 2.75) is 5.54 Å². The lowest BCUT2D eigenvalue weighted by atomic mass is 9.83. The molecule has 0 fully saturated rings. The van der Waals surface area contributed by atoms with Crippen LogP contribution in [0.25, 0.3) is 0 Å². The lowest BCUT2D eigenvalue weighted by molar-refractivity contribution is -0.384. The molecule has 2 aromatic rings. The minimum absolute atomic E-state index is 0.0703. The lowest BCUT2D eigenvalue weighted by Crippen LogP contribution is -2.46. The van der Waals surface area contributed by atoms with Crippen molar-refractivity contribution in [1.29, 1.82) is 0 Å². The summed E-state index contributed by atoms with van der Waals surface area (Å²) >= 11 is 0. The number of rotatable bonds is 4. The van der Waals surface area contributed by atoms with E-state index in [0.717, 1.165) is 0 Å². The van der Waals surface area contributed by atoms with Gasteiger partial charge in [0, 0.05) is 12.1 Å². The van der Waals surface area contributed by atoms with Crippen molar-refractivity contribution in [2.75, 3.05) is 7.11 Å². The molecule has 0 spiro atoms. The molecule has 0 saturated carbocycles. The minimum atomic E-state index is -1.51. The number of non-ortho nitro benzene ring substituents is 1. The Labute approximate surface area is 121 Å². The molecular weight excluding hydrogens is 272 g/mol. The molecule has 0 aliphatic carbocycles. The Kier molecular flexibility index (Phi) is 4.00. The second-order valence-corrected chi connectivity index (χ2v) is 4.47. The molecule has 2 N–H and O–H groups in total. The Morgan fingerprint density at radius 2 is 1.62 bits per heavy atom. The molecule has 6 heteroatoms. The zero-order valence-electron chi connectivity index (χ0n) is 11.4.